The van der Waals surface area contributed by atoms with E-state index in [2.05, 4.69) is 0 Å². The monoisotopic (exact) mass is 348 g/mol. The number of ether oxygens (including phenoxy) is 1. The Kier molecular flexibility index (Phi) is 4.82. The fourth-order valence-corrected chi connectivity index (χ4v) is 2.47. The molecule has 0 spiro atoms. The van der Waals surface area contributed by atoms with E-state index >= 15 is 0 Å². The van der Waals surface area contributed by atoms with Gasteiger partial charge in [-0.05, 0) is 25.1 Å². The van der Waals surface area contributed by atoms with Gasteiger partial charge in [0.25, 0.3) is 0 Å². The molecule has 0 fully saturated rings. The van der Waals surface area contributed by atoms with E-state index in [-0.39, 0.29) is 25.8 Å². The van der Waals surface area contributed by atoms with E-state index in [0.717, 1.165) is 5.56 Å². The van der Waals surface area contributed by atoms with Gasteiger partial charge in [-0.2, -0.15) is 0 Å². The van der Waals surface area contributed by atoms with Gasteiger partial charge in [-0.3, -0.25) is 0 Å². The van der Waals surface area contributed by atoms with Gasteiger partial charge in [0.2, 0.25) is 0 Å². The molecular formula is C14H8Cl4O2. The Morgan fingerprint density at radius 1 is 0.950 bits per heavy atom. The average molecular weight is 350 g/mol. The smallest absolute Gasteiger partial charge is 0.343 e. The van der Waals surface area contributed by atoms with Crippen LogP contribution in [0.25, 0.3) is 0 Å². The number of rotatable bonds is 2. The molecule has 0 aliphatic carbocycles. The molecule has 0 bridgehead atoms. The summed E-state index contributed by atoms with van der Waals surface area (Å²) in [6.07, 6.45) is 0. The SMILES string of the molecule is Cc1ccc(C(=O)Oc2c(Cl)cc(Cl)c(Cl)c2Cl)cc1. The van der Waals surface area contributed by atoms with Crippen LogP contribution < -0.4 is 4.74 Å². The second-order valence-corrected chi connectivity index (χ2v) is 5.62. The van der Waals surface area contributed by atoms with Crippen LogP contribution in [0.1, 0.15) is 15.9 Å². The lowest BCUT2D eigenvalue weighted by Crippen LogP contribution is -2.09. The molecule has 2 rings (SSSR count). The van der Waals surface area contributed by atoms with Gasteiger partial charge in [-0.25, -0.2) is 4.79 Å². The molecule has 0 radical (unpaired) electrons. The van der Waals surface area contributed by atoms with E-state index in [1.165, 1.54) is 6.07 Å². The first-order chi connectivity index (χ1) is 9.40. The number of benzene rings is 2. The molecule has 6 heteroatoms. The number of halogens is 4. The largest absolute Gasteiger partial charge is 0.420 e. The standard InChI is InChI=1S/C14H8Cl4O2/c1-7-2-4-8(5-3-7)14(19)20-13-10(16)6-9(15)11(17)12(13)18/h2-6H,1H3. The topological polar surface area (TPSA) is 26.3 Å². The fourth-order valence-electron chi connectivity index (χ4n) is 1.48. The van der Waals surface area contributed by atoms with Crippen molar-refractivity contribution >= 4 is 52.4 Å². The molecular weight excluding hydrogens is 342 g/mol. The summed E-state index contributed by atoms with van der Waals surface area (Å²) in [4.78, 5) is 12.0. The van der Waals surface area contributed by atoms with Gasteiger partial charge in [0, 0.05) is 0 Å². The number of hydrogen-bond acceptors (Lipinski definition) is 2. The number of carbonyl (C=O) groups is 1. The van der Waals surface area contributed by atoms with Crippen molar-refractivity contribution in [3.8, 4) is 5.75 Å². The van der Waals surface area contributed by atoms with Crippen LogP contribution in [0, 0.1) is 6.92 Å². The molecule has 0 amide bonds. The van der Waals surface area contributed by atoms with Gasteiger partial charge in [0.15, 0.2) is 5.75 Å². The molecule has 0 atom stereocenters. The summed E-state index contributed by atoms with van der Waals surface area (Å²) in [7, 11) is 0. The maximum absolute atomic E-state index is 12.0. The van der Waals surface area contributed by atoms with Crippen molar-refractivity contribution in [2.75, 3.05) is 0 Å². The summed E-state index contributed by atoms with van der Waals surface area (Å²) in [5.74, 6) is -0.583. The molecule has 0 unspecified atom stereocenters. The molecule has 0 heterocycles. The van der Waals surface area contributed by atoms with Crippen molar-refractivity contribution in [3.05, 3.63) is 61.5 Å². The molecule has 0 saturated heterocycles. The van der Waals surface area contributed by atoms with E-state index < -0.39 is 5.97 Å². The quantitative estimate of drug-likeness (QED) is 0.295. The summed E-state index contributed by atoms with van der Waals surface area (Å²) < 4.78 is 5.19. The molecule has 0 N–H and O–H groups in total. The highest BCUT2D eigenvalue weighted by Crippen LogP contribution is 2.42. The van der Waals surface area contributed by atoms with Crippen LogP contribution in [0.3, 0.4) is 0 Å². The van der Waals surface area contributed by atoms with Crippen LogP contribution >= 0.6 is 46.4 Å². The van der Waals surface area contributed by atoms with Crippen molar-refractivity contribution in [1.29, 1.82) is 0 Å². The maximum atomic E-state index is 12.0. The van der Waals surface area contributed by atoms with E-state index in [0.29, 0.717) is 5.56 Å². The van der Waals surface area contributed by atoms with Gasteiger partial charge < -0.3 is 4.74 Å². The predicted octanol–water partition coefficient (Wildman–Crippen LogP) is 5.83. The van der Waals surface area contributed by atoms with E-state index in [9.17, 15) is 4.79 Å². The van der Waals surface area contributed by atoms with Crippen molar-refractivity contribution < 1.29 is 9.53 Å². The Bertz CT molecular complexity index is 666. The van der Waals surface area contributed by atoms with Gasteiger partial charge in [-0.15, -0.1) is 0 Å². The lowest BCUT2D eigenvalue weighted by Gasteiger charge is -2.10. The molecule has 20 heavy (non-hydrogen) atoms. The Labute approximate surface area is 136 Å². The number of hydrogen-bond donors (Lipinski definition) is 0. The third kappa shape index (κ3) is 3.21. The van der Waals surface area contributed by atoms with Crippen molar-refractivity contribution in [2.45, 2.75) is 6.92 Å². The Balaban J connectivity index is 2.33. The third-order valence-corrected chi connectivity index (χ3v) is 4.08. The predicted molar refractivity (Wildman–Crippen MR) is 82.6 cm³/mol. The highest BCUT2D eigenvalue weighted by atomic mass is 35.5. The van der Waals surface area contributed by atoms with Crippen LogP contribution in [0.2, 0.25) is 20.1 Å². The first kappa shape index (κ1) is 15.5. The van der Waals surface area contributed by atoms with Crippen molar-refractivity contribution in [2.24, 2.45) is 0 Å². The van der Waals surface area contributed by atoms with Crippen LogP contribution in [0.15, 0.2) is 30.3 Å². The van der Waals surface area contributed by atoms with Gasteiger partial charge in [-0.1, -0.05) is 64.1 Å². The van der Waals surface area contributed by atoms with Gasteiger partial charge >= 0.3 is 5.97 Å². The first-order valence-corrected chi connectivity index (χ1v) is 7.03. The zero-order valence-corrected chi connectivity index (χ0v) is 13.2. The normalized spacial score (nSPS) is 10.4. The molecule has 0 aliphatic rings. The summed E-state index contributed by atoms with van der Waals surface area (Å²) in [5, 5.41) is 0.399. The highest BCUT2D eigenvalue weighted by Gasteiger charge is 2.18. The minimum atomic E-state index is -0.577. The third-order valence-electron chi connectivity index (χ3n) is 2.55. The molecule has 2 aromatic carbocycles. The van der Waals surface area contributed by atoms with E-state index in [4.69, 9.17) is 51.1 Å². The second-order valence-electron chi connectivity index (χ2n) is 4.05. The van der Waals surface area contributed by atoms with Gasteiger partial charge in [0.1, 0.15) is 5.02 Å². The number of esters is 1. The minimum absolute atomic E-state index is 0.00429. The zero-order valence-electron chi connectivity index (χ0n) is 10.2. The molecule has 2 nitrogen and oxygen atoms in total. The maximum Gasteiger partial charge on any atom is 0.343 e. The zero-order chi connectivity index (χ0) is 14.9. The first-order valence-electron chi connectivity index (χ1n) is 5.52. The summed E-state index contributed by atoms with van der Waals surface area (Å²) >= 11 is 23.7. The van der Waals surface area contributed by atoms with Gasteiger partial charge in [0.05, 0.1) is 20.6 Å². The lowest BCUT2D eigenvalue weighted by atomic mass is 10.1. The Morgan fingerprint density at radius 2 is 1.55 bits per heavy atom. The van der Waals surface area contributed by atoms with Crippen LogP contribution in [0.5, 0.6) is 5.75 Å². The van der Waals surface area contributed by atoms with Crippen molar-refractivity contribution in [3.63, 3.8) is 0 Å². The summed E-state index contributed by atoms with van der Waals surface area (Å²) in [5.41, 5.74) is 1.42. The minimum Gasteiger partial charge on any atom is -0.420 e. The van der Waals surface area contributed by atoms with Crippen molar-refractivity contribution in [1.82, 2.24) is 0 Å². The molecule has 104 valence electrons. The molecule has 2 aromatic rings. The van der Waals surface area contributed by atoms with E-state index in [1.807, 2.05) is 6.92 Å². The van der Waals surface area contributed by atoms with Crippen LogP contribution in [-0.2, 0) is 0 Å². The summed E-state index contributed by atoms with van der Waals surface area (Å²) in [6, 6.07) is 8.27. The average Bonchev–Trinajstić information content (AvgIpc) is 2.42. The van der Waals surface area contributed by atoms with Crippen LogP contribution in [0.4, 0.5) is 0 Å². The summed E-state index contributed by atoms with van der Waals surface area (Å²) in [6.45, 7) is 1.92. The van der Waals surface area contributed by atoms with Crippen LogP contribution in [-0.4, -0.2) is 5.97 Å². The number of carbonyl (C=O) groups excluding carboxylic acids is 1. The molecule has 0 saturated carbocycles. The fraction of sp³-hybridized carbons (Fsp3) is 0.0714. The highest BCUT2D eigenvalue weighted by molar-refractivity contribution is 6.50. The van der Waals surface area contributed by atoms with E-state index in [1.54, 1.807) is 24.3 Å². The molecule has 0 aliphatic heterocycles. The Morgan fingerprint density at radius 3 is 2.15 bits per heavy atom. The molecule has 0 aromatic heterocycles. The lowest BCUT2D eigenvalue weighted by molar-refractivity contribution is 0.0735. The second kappa shape index (κ2) is 6.23. The Hall–Kier alpha value is -0.930. The number of aryl methyl sites for hydroxylation is 1.